The number of nitrogens with one attached hydrogen (secondary N) is 1. The molecule has 8 nitrogen and oxygen atoms in total. The Hall–Kier alpha value is -2.27. The molecule has 0 saturated carbocycles. The van der Waals surface area contributed by atoms with Crippen LogP contribution in [-0.2, 0) is 23.0 Å². The lowest BCUT2D eigenvalue weighted by molar-refractivity contribution is 0.0827. The van der Waals surface area contributed by atoms with Gasteiger partial charge in [0.25, 0.3) is 11.8 Å². The summed E-state index contributed by atoms with van der Waals surface area (Å²) in [7, 11) is -0.153. The number of fused-ring (bicyclic) bond motifs is 1. The molecule has 0 unspecified atom stereocenters. The summed E-state index contributed by atoms with van der Waals surface area (Å²) in [5.41, 5.74) is 1.94. The Balaban J connectivity index is 1.56. The van der Waals surface area contributed by atoms with Crippen LogP contribution in [0, 0.1) is 0 Å². The molecule has 2 aliphatic rings. The van der Waals surface area contributed by atoms with Crippen LogP contribution in [0.5, 0.6) is 0 Å². The van der Waals surface area contributed by atoms with Crippen molar-refractivity contribution in [1.82, 2.24) is 14.1 Å². The second-order valence-corrected chi connectivity index (χ2v) is 12.4. The molecule has 0 atom stereocenters. The van der Waals surface area contributed by atoms with E-state index in [0.717, 1.165) is 62.2 Å². The van der Waals surface area contributed by atoms with Crippen LogP contribution in [0.25, 0.3) is 0 Å². The van der Waals surface area contributed by atoms with E-state index in [4.69, 9.17) is 0 Å². The number of thiophene rings is 1. The molecule has 1 fully saturated rings. The second kappa shape index (κ2) is 10.8. The number of rotatable bonds is 6. The van der Waals surface area contributed by atoms with Gasteiger partial charge >= 0.3 is 0 Å². The molecule has 0 spiro atoms. The van der Waals surface area contributed by atoms with Gasteiger partial charge in [0.2, 0.25) is 10.0 Å². The van der Waals surface area contributed by atoms with Crippen molar-refractivity contribution < 1.29 is 18.0 Å². The highest BCUT2D eigenvalue weighted by atomic mass is 32.2. The predicted molar refractivity (Wildman–Crippen MR) is 139 cm³/mol. The van der Waals surface area contributed by atoms with E-state index < -0.39 is 10.0 Å². The highest BCUT2D eigenvalue weighted by Gasteiger charge is 2.30. The van der Waals surface area contributed by atoms with E-state index >= 15 is 0 Å². The third kappa shape index (κ3) is 5.45. The lowest BCUT2D eigenvalue weighted by Crippen LogP contribution is -2.32. The van der Waals surface area contributed by atoms with E-state index in [1.807, 2.05) is 0 Å². The zero-order valence-corrected chi connectivity index (χ0v) is 22.3. The van der Waals surface area contributed by atoms with Gasteiger partial charge in [-0.1, -0.05) is 19.8 Å². The first kappa shape index (κ1) is 25.8. The molecular formula is C25H34N4O4S2. The van der Waals surface area contributed by atoms with Crippen molar-refractivity contribution in [1.29, 1.82) is 0 Å². The second-order valence-electron chi connectivity index (χ2n) is 9.32. The number of hydrogen-bond acceptors (Lipinski definition) is 6. The summed E-state index contributed by atoms with van der Waals surface area (Å²) in [4.78, 5) is 31.3. The highest BCUT2D eigenvalue weighted by molar-refractivity contribution is 7.89. The van der Waals surface area contributed by atoms with E-state index in [9.17, 15) is 18.0 Å². The van der Waals surface area contributed by atoms with Crippen LogP contribution >= 0.6 is 11.3 Å². The zero-order valence-electron chi connectivity index (χ0n) is 20.7. The number of carbonyl (C=O) groups excluding carboxylic acids is 2. The number of carbonyl (C=O) groups is 2. The van der Waals surface area contributed by atoms with E-state index in [1.165, 1.54) is 28.4 Å². The van der Waals surface area contributed by atoms with Gasteiger partial charge in [0.15, 0.2) is 0 Å². The first-order valence-electron chi connectivity index (χ1n) is 12.2. The Kier molecular flexibility index (Phi) is 7.95. The highest BCUT2D eigenvalue weighted by Crippen LogP contribution is 2.38. The Morgan fingerprint density at radius 3 is 2.29 bits per heavy atom. The summed E-state index contributed by atoms with van der Waals surface area (Å²) in [6, 6.07) is 6.08. The summed E-state index contributed by atoms with van der Waals surface area (Å²) in [5.74, 6) is -0.482. The molecule has 190 valence electrons. The molecule has 4 rings (SSSR count). The molecule has 1 N–H and O–H groups in total. The van der Waals surface area contributed by atoms with Crippen LogP contribution < -0.4 is 5.32 Å². The summed E-state index contributed by atoms with van der Waals surface area (Å²) in [5, 5.41) is 3.49. The fraction of sp³-hybridized carbons (Fsp3) is 0.520. The number of likely N-dealkylation sites (N-methyl/N-ethyl adjacent to an activating group) is 1. The summed E-state index contributed by atoms with van der Waals surface area (Å²) in [6.45, 7) is 5.77. The van der Waals surface area contributed by atoms with Crippen LogP contribution in [0.15, 0.2) is 29.2 Å². The number of benzene rings is 1. The molecule has 1 aromatic heterocycles. The van der Waals surface area contributed by atoms with E-state index in [1.54, 1.807) is 30.5 Å². The summed E-state index contributed by atoms with van der Waals surface area (Å²) in [6.07, 6.45) is 4.61. The van der Waals surface area contributed by atoms with Gasteiger partial charge in [-0.2, -0.15) is 4.31 Å². The smallest absolute Gasteiger partial charge is 0.256 e. The molecule has 35 heavy (non-hydrogen) atoms. The Morgan fingerprint density at radius 1 is 1.03 bits per heavy atom. The average Bonchev–Trinajstić information content (AvgIpc) is 3.00. The van der Waals surface area contributed by atoms with E-state index in [2.05, 4.69) is 17.1 Å². The SMILES string of the molecule is CCN1CCc2c(sc(NC(=O)c3ccc(S(=O)(=O)N4CCCCCC4)cc3)c2C(=O)N(C)C)C1. The first-order valence-corrected chi connectivity index (χ1v) is 14.5. The van der Waals surface area contributed by atoms with Gasteiger partial charge in [0.05, 0.1) is 10.5 Å². The summed E-state index contributed by atoms with van der Waals surface area (Å²) < 4.78 is 27.6. The van der Waals surface area contributed by atoms with Crippen molar-refractivity contribution in [3.05, 3.63) is 45.8 Å². The number of anilines is 1. The van der Waals surface area contributed by atoms with Crippen LogP contribution in [0.3, 0.4) is 0 Å². The molecule has 10 heteroatoms. The zero-order chi connectivity index (χ0) is 25.2. The topological polar surface area (TPSA) is 90.0 Å². The third-order valence-corrected chi connectivity index (χ3v) is 9.79. The molecule has 2 aromatic rings. The predicted octanol–water partition coefficient (Wildman–Crippen LogP) is 3.64. The van der Waals surface area contributed by atoms with Gasteiger partial charge < -0.3 is 10.2 Å². The van der Waals surface area contributed by atoms with Crippen LogP contribution in [0.1, 0.15) is 63.8 Å². The lowest BCUT2D eigenvalue weighted by Gasteiger charge is -2.25. The quantitative estimate of drug-likeness (QED) is 0.631. The first-order chi connectivity index (χ1) is 16.7. The van der Waals surface area contributed by atoms with Gasteiger partial charge in [-0.05, 0) is 55.6 Å². The summed E-state index contributed by atoms with van der Waals surface area (Å²) >= 11 is 1.45. The maximum absolute atomic E-state index is 13.1. The lowest BCUT2D eigenvalue weighted by atomic mass is 10.0. The minimum Gasteiger partial charge on any atom is -0.345 e. The molecule has 3 heterocycles. The number of amides is 2. The number of nitrogens with zero attached hydrogens (tertiary/aromatic N) is 3. The maximum atomic E-state index is 13.1. The standard InChI is InChI=1S/C25H34N4O4S2/c1-4-28-16-13-20-21(17-28)34-24(22(20)25(31)27(2)3)26-23(30)18-9-11-19(12-10-18)35(32,33)29-14-7-5-6-8-15-29/h9-12H,4-8,13-17H2,1-3H3,(H,26,30). The maximum Gasteiger partial charge on any atom is 0.256 e. The van der Waals surface area contributed by atoms with Gasteiger partial charge in [0.1, 0.15) is 5.00 Å². The number of sulfonamides is 1. The van der Waals surface area contributed by atoms with Crippen molar-refractivity contribution in [2.24, 2.45) is 0 Å². The fourth-order valence-electron chi connectivity index (χ4n) is 4.65. The van der Waals surface area contributed by atoms with E-state index in [0.29, 0.717) is 29.2 Å². The fourth-order valence-corrected chi connectivity index (χ4v) is 7.44. The van der Waals surface area contributed by atoms with Gasteiger partial charge in [-0.3, -0.25) is 14.5 Å². The Morgan fingerprint density at radius 2 is 1.69 bits per heavy atom. The third-order valence-electron chi connectivity index (χ3n) is 6.75. The monoisotopic (exact) mass is 518 g/mol. The van der Waals surface area contributed by atoms with Crippen LogP contribution in [-0.4, -0.2) is 74.6 Å². The van der Waals surface area contributed by atoms with Crippen LogP contribution in [0.4, 0.5) is 5.00 Å². The van der Waals surface area contributed by atoms with Crippen LogP contribution in [0.2, 0.25) is 0 Å². The van der Waals surface area contributed by atoms with Gasteiger partial charge in [0, 0.05) is 50.7 Å². The molecule has 0 radical (unpaired) electrons. The molecular weight excluding hydrogens is 484 g/mol. The molecule has 0 aliphatic carbocycles. The van der Waals surface area contributed by atoms with Crippen molar-refractivity contribution >= 4 is 38.2 Å². The van der Waals surface area contributed by atoms with Crippen molar-refractivity contribution in [2.75, 3.05) is 45.6 Å². The van der Waals surface area contributed by atoms with Crippen molar-refractivity contribution in [2.45, 2.75) is 50.5 Å². The van der Waals surface area contributed by atoms with Crippen molar-refractivity contribution in [3.63, 3.8) is 0 Å². The van der Waals surface area contributed by atoms with Crippen molar-refractivity contribution in [3.8, 4) is 0 Å². The Bertz CT molecular complexity index is 1180. The largest absolute Gasteiger partial charge is 0.345 e. The normalized spacial score (nSPS) is 17.5. The van der Waals surface area contributed by atoms with E-state index in [-0.39, 0.29) is 16.7 Å². The molecule has 2 amide bonds. The van der Waals surface area contributed by atoms with Gasteiger partial charge in [-0.15, -0.1) is 11.3 Å². The number of hydrogen-bond donors (Lipinski definition) is 1. The molecule has 0 bridgehead atoms. The molecule has 2 aliphatic heterocycles. The Labute approximate surface area is 212 Å². The molecule has 1 saturated heterocycles. The minimum atomic E-state index is -3.58. The average molecular weight is 519 g/mol. The van der Waals surface area contributed by atoms with Gasteiger partial charge in [-0.25, -0.2) is 8.42 Å². The molecule has 1 aromatic carbocycles. The minimum absolute atomic E-state index is 0.123.